The van der Waals surface area contributed by atoms with Crippen LogP contribution in [0.15, 0.2) is 59.5 Å². The second-order valence-electron chi connectivity index (χ2n) is 6.12. The molecule has 0 unspecified atom stereocenters. The Morgan fingerprint density at radius 3 is 2.38 bits per heavy atom. The molecule has 29 heavy (non-hydrogen) atoms. The molecular formula is C20H19N5O4. The number of hydrogen-bond acceptors (Lipinski definition) is 6. The lowest BCUT2D eigenvalue weighted by molar-refractivity contribution is -0.117. The van der Waals surface area contributed by atoms with E-state index in [1.807, 2.05) is 0 Å². The standard InChI is InChI=1S/C20H19N5O4/c1-13(26)22-15-6-8-16(9-7-15)23-19(27)12-25-20(28)24-18(11-21-25)14-4-3-5-17(10-14)29-2/h3-11H,12H2,1-2H3,(H,22,26)(H,23,27). The number of carbonyl (C=O) groups is 2. The first kappa shape index (κ1) is 19.7. The Bertz CT molecular complexity index is 1090. The van der Waals surface area contributed by atoms with E-state index in [1.165, 1.54) is 13.1 Å². The number of anilines is 2. The highest BCUT2D eigenvalue weighted by molar-refractivity contribution is 5.92. The van der Waals surface area contributed by atoms with Gasteiger partial charge in [-0.3, -0.25) is 9.59 Å². The van der Waals surface area contributed by atoms with Crippen molar-refractivity contribution in [1.82, 2.24) is 14.8 Å². The van der Waals surface area contributed by atoms with Gasteiger partial charge in [-0.25, -0.2) is 9.48 Å². The predicted molar refractivity (Wildman–Crippen MR) is 108 cm³/mol. The van der Waals surface area contributed by atoms with Gasteiger partial charge in [0.25, 0.3) is 0 Å². The van der Waals surface area contributed by atoms with E-state index >= 15 is 0 Å². The third-order valence-electron chi connectivity index (χ3n) is 3.90. The van der Waals surface area contributed by atoms with Crippen molar-refractivity contribution < 1.29 is 14.3 Å². The number of carbonyl (C=O) groups excluding carboxylic acids is 2. The van der Waals surface area contributed by atoms with E-state index in [-0.39, 0.29) is 12.5 Å². The number of hydrogen-bond donors (Lipinski definition) is 2. The minimum atomic E-state index is -0.638. The Balaban J connectivity index is 1.67. The van der Waals surface area contributed by atoms with Crippen LogP contribution in [0.25, 0.3) is 11.3 Å². The van der Waals surface area contributed by atoms with Crippen molar-refractivity contribution >= 4 is 23.2 Å². The molecule has 0 saturated carbocycles. The second-order valence-corrected chi connectivity index (χ2v) is 6.12. The maximum atomic E-state index is 12.2. The summed E-state index contributed by atoms with van der Waals surface area (Å²) in [6, 6.07) is 13.7. The Morgan fingerprint density at radius 2 is 1.76 bits per heavy atom. The summed E-state index contributed by atoms with van der Waals surface area (Å²) in [5.41, 5.74) is 1.58. The SMILES string of the molecule is COc1cccc(-c2cnn(CC(=O)Nc3ccc(NC(C)=O)cc3)c(=O)n2)c1. The van der Waals surface area contributed by atoms with Crippen LogP contribution < -0.4 is 21.1 Å². The fraction of sp³-hybridized carbons (Fsp3) is 0.150. The molecule has 1 heterocycles. The number of amides is 2. The Kier molecular flexibility index (Phi) is 5.98. The summed E-state index contributed by atoms with van der Waals surface area (Å²) < 4.78 is 6.14. The van der Waals surface area contributed by atoms with Gasteiger partial charge >= 0.3 is 5.69 Å². The molecule has 0 spiro atoms. The summed E-state index contributed by atoms with van der Waals surface area (Å²) in [7, 11) is 1.55. The van der Waals surface area contributed by atoms with Gasteiger partial charge in [0.1, 0.15) is 12.3 Å². The third kappa shape index (κ3) is 5.25. The van der Waals surface area contributed by atoms with Crippen molar-refractivity contribution in [3.63, 3.8) is 0 Å². The lowest BCUT2D eigenvalue weighted by Crippen LogP contribution is -2.31. The van der Waals surface area contributed by atoms with Gasteiger partial charge in [0.05, 0.1) is 19.0 Å². The molecule has 0 radical (unpaired) electrons. The molecule has 2 aromatic carbocycles. The van der Waals surface area contributed by atoms with Crippen LogP contribution in [0.2, 0.25) is 0 Å². The van der Waals surface area contributed by atoms with E-state index < -0.39 is 11.6 Å². The molecule has 2 N–H and O–H groups in total. The van der Waals surface area contributed by atoms with Crippen LogP contribution in [0, 0.1) is 0 Å². The number of nitrogens with one attached hydrogen (secondary N) is 2. The van der Waals surface area contributed by atoms with Gasteiger partial charge < -0.3 is 15.4 Å². The molecule has 0 bridgehead atoms. The number of methoxy groups -OCH3 is 1. The van der Waals surface area contributed by atoms with Crippen LogP contribution in [-0.2, 0) is 16.1 Å². The highest BCUT2D eigenvalue weighted by atomic mass is 16.5. The fourth-order valence-electron chi connectivity index (χ4n) is 2.57. The van der Waals surface area contributed by atoms with Crippen molar-refractivity contribution in [2.45, 2.75) is 13.5 Å². The number of rotatable bonds is 6. The normalized spacial score (nSPS) is 10.3. The minimum Gasteiger partial charge on any atom is -0.497 e. The largest absolute Gasteiger partial charge is 0.497 e. The van der Waals surface area contributed by atoms with Crippen LogP contribution in [0.1, 0.15) is 6.92 Å². The van der Waals surface area contributed by atoms with Crippen molar-refractivity contribution in [2.24, 2.45) is 0 Å². The monoisotopic (exact) mass is 393 g/mol. The average Bonchev–Trinajstić information content (AvgIpc) is 2.70. The molecule has 2 amide bonds. The van der Waals surface area contributed by atoms with E-state index in [9.17, 15) is 14.4 Å². The van der Waals surface area contributed by atoms with Crippen molar-refractivity contribution in [3.8, 4) is 17.0 Å². The van der Waals surface area contributed by atoms with Crippen molar-refractivity contribution in [1.29, 1.82) is 0 Å². The van der Waals surface area contributed by atoms with E-state index in [1.54, 1.807) is 55.6 Å². The first-order chi connectivity index (χ1) is 13.9. The van der Waals surface area contributed by atoms with Crippen LogP contribution in [-0.4, -0.2) is 33.7 Å². The minimum absolute atomic E-state index is 0.183. The van der Waals surface area contributed by atoms with Gasteiger partial charge in [0, 0.05) is 23.9 Å². The maximum absolute atomic E-state index is 12.2. The Labute approximate surface area is 166 Å². The zero-order chi connectivity index (χ0) is 20.8. The van der Waals surface area contributed by atoms with E-state index in [0.29, 0.717) is 28.4 Å². The van der Waals surface area contributed by atoms with Crippen LogP contribution in [0.3, 0.4) is 0 Å². The second kappa shape index (κ2) is 8.79. The number of nitrogens with zero attached hydrogens (tertiary/aromatic N) is 3. The van der Waals surface area contributed by atoms with Gasteiger partial charge in [0.2, 0.25) is 11.8 Å². The molecule has 0 fully saturated rings. The molecule has 0 saturated heterocycles. The fourth-order valence-corrected chi connectivity index (χ4v) is 2.57. The molecule has 0 atom stereocenters. The van der Waals surface area contributed by atoms with Gasteiger partial charge in [-0.05, 0) is 36.4 Å². The summed E-state index contributed by atoms with van der Waals surface area (Å²) in [6.07, 6.45) is 1.42. The molecule has 3 aromatic rings. The molecule has 0 aliphatic carbocycles. The lowest BCUT2D eigenvalue weighted by atomic mass is 10.1. The molecular weight excluding hydrogens is 374 g/mol. The smallest absolute Gasteiger partial charge is 0.365 e. The zero-order valence-corrected chi connectivity index (χ0v) is 15.9. The summed E-state index contributed by atoms with van der Waals surface area (Å²) in [5, 5.41) is 9.33. The highest BCUT2D eigenvalue weighted by Crippen LogP contribution is 2.20. The van der Waals surface area contributed by atoms with Crippen molar-refractivity contribution in [2.75, 3.05) is 17.7 Å². The van der Waals surface area contributed by atoms with E-state index in [2.05, 4.69) is 20.7 Å². The summed E-state index contributed by atoms with van der Waals surface area (Å²) in [4.78, 5) is 39.5. The van der Waals surface area contributed by atoms with Crippen LogP contribution in [0.4, 0.5) is 11.4 Å². The number of aromatic nitrogens is 3. The Morgan fingerprint density at radius 1 is 1.07 bits per heavy atom. The molecule has 0 aliphatic heterocycles. The van der Waals surface area contributed by atoms with Gasteiger partial charge in [-0.15, -0.1) is 0 Å². The van der Waals surface area contributed by atoms with Gasteiger partial charge in [0.15, 0.2) is 0 Å². The molecule has 0 aliphatic rings. The molecule has 148 valence electrons. The molecule has 9 nitrogen and oxygen atoms in total. The van der Waals surface area contributed by atoms with Crippen LogP contribution in [0.5, 0.6) is 5.75 Å². The van der Waals surface area contributed by atoms with Crippen LogP contribution >= 0.6 is 0 Å². The number of ether oxygens (including phenoxy) is 1. The summed E-state index contributed by atoms with van der Waals surface area (Å²) >= 11 is 0. The Hall–Kier alpha value is -4.01. The molecule has 9 heteroatoms. The maximum Gasteiger partial charge on any atom is 0.365 e. The molecule has 1 aromatic heterocycles. The number of benzene rings is 2. The average molecular weight is 393 g/mol. The highest BCUT2D eigenvalue weighted by Gasteiger charge is 2.10. The summed E-state index contributed by atoms with van der Waals surface area (Å²) in [5.74, 6) is 0.0253. The quantitative estimate of drug-likeness (QED) is 0.661. The van der Waals surface area contributed by atoms with E-state index in [0.717, 1.165) is 4.68 Å². The van der Waals surface area contributed by atoms with E-state index in [4.69, 9.17) is 4.74 Å². The van der Waals surface area contributed by atoms with Gasteiger partial charge in [-0.2, -0.15) is 10.1 Å². The first-order valence-electron chi connectivity index (χ1n) is 8.70. The lowest BCUT2D eigenvalue weighted by Gasteiger charge is -2.08. The third-order valence-corrected chi connectivity index (χ3v) is 3.90. The zero-order valence-electron chi connectivity index (χ0n) is 15.9. The predicted octanol–water partition coefficient (Wildman–Crippen LogP) is 1.91. The van der Waals surface area contributed by atoms with Gasteiger partial charge in [-0.1, -0.05) is 12.1 Å². The first-order valence-corrected chi connectivity index (χ1v) is 8.70. The van der Waals surface area contributed by atoms with Crippen molar-refractivity contribution in [3.05, 3.63) is 65.2 Å². The summed E-state index contributed by atoms with van der Waals surface area (Å²) in [6.45, 7) is 1.13. The topological polar surface area (TPSA) is 115 Å². The molecule has 3 rings (SSSR count).